The Balaban J connectivity index is 1.70. The second-order valence-electron chi connectivity index (χ2n) is 7.09. The highest BCUT2D eigenvalue weighted by Crippen LogP contribution is 2.39. The second-order valence-corrected chi connectivity index (χ2v) is 7.93. The quantitative estimate of drug-likeness (QED) is 0.785. The SMILES string of the molecule is Cc1ccc2c(c1)[C@H](NC(=O)COc1ccc(Cl)cc1Cl)CC(C)(C)O2. The summed E-state index contributed by atoms with van der Waals surface area (Å²) in [5.74, 6) is 1.01. The topological polar surface area (TPSA) is 47.6 Å². The molecule has 138 valence electrons. The normalized spacial score (nSPS) is 17.8. The fourth-order valence-corrected chi connectivity index (χ4v) is 3.54. The Morgan fingerprint density at radius 2 is 2.04 bits per heavy atom. The van der Waals surface area contributed by atoms with Crippen LogP contribution in [0.5, 0.6) is 11.5 Å². The van der Waals surface area contributed by atoms with Crippen molar-refractivity contribution in [3.05, 3.63) is 57.6 Å². The molecule has 0 fully saturated rings. The number of hydrogen-bond acceptors (Lipinski definition) is 3. The Kier molecular flexibility index (Phi) is 5.35. The van der Waals surface area contributed by atoms with Crippen molar-refractivity contribution in [2.24, 2.45) is 0 Å². The number of fused-ring (bicyclic) bond motifs is 1. The molecule has 3 rings (SSSR count). The van der Waals surface area contributed by atoms with Crippen molar-refractivity contribution in [1.29, 1.82) is 0 Å². The van der Waals surface area contributed by atoms with Crippen molar-refractivity contribution < 1.29 is 14.3 Å². The molecule has 26 heavy (non-hydrogen) atoms. The molecule has 0 bridgehead atoms. The molecule has 0 spiro atoms. The maximum atomic E-state index is 12.4. The van der Waals surface area contributed by atoms with Crippen LogP contribution in [0, 0.1) is 6.92 Å². The number of aryl methyl sites for hydroxylation is 1. The van der Waals surface area contributed by atoms with Gasteiger partial charge in [0.1, 0.15) is 17.1 Å². The van der Waals surface area contributed by atoms with Crippen LogP contribution in [0.15, 0.2) is 36.4 Å². The molecule has 1 aliphatic heterocycles. The minimum absolute atomic E-state index is 0.125. The molecule has 0 unspecified atom stereocenters. The van der Waals surface area contributed by atoms with Gasteiger partial charge < -0.3 is 14.8 Å². The van der Waals surface area contributed by atoms with Gasteiger partial charge in [-0.15, -0.1) is 0 Å². The lowest BCUT2D eigenvalue weighted by atomic mass is 9.89. The molecular formula is C20H21Cl2NO3. The number of amides is 1. The first kappa shape index (κ1) is 18.9. The number of rotatable bonds is 4. The zero-order valence-electron chi connectivity index (χ0n) is 14.9. The van der Waals surface area contributed by atoms with Crippen LogP contribution in [0.25, 0.3) is 0 Å². The Hall–Kier alpha value is -1.91. The second kappa shape index (κ2) is 7.37. The van der Waals surface area contributed by atoms with Gasteiger partial charge in [0.25, 0.3) is 5.91 Å². The van der Waals surface area contributed by atoms with Crippen LogP contribution >= 0.6 is 23.2 Å². The fourth-order valence-electron chi connectivity index (χ4n) is 3.07. The van der Waals surface area contributed by atoms with Crippen LogP contribution in [0.1, 0.15) is 37.4 Å². The average Bonchev–Trinajstić information content (AvgIpc) is 2.54. The van der Waals surface area contributed by atoms with E-state index in [1.54, 1.807) is 18.2 Å². The van der Waals surface area contributed by atoms with Crippen LogP contribution in [0.4, 0.5) is 0 Å². The van der Waals surface area contributed by atoms with Crippen LogP contribution in [0.3, 0.4) is 0 Å². The van der Waals surface area contributed by atoms with Gasteiger partial charge in [-0.05, 0) is 45.0 Å². The molecule has 0 aliphatic carbocycles. The van der Waals surface area contributed by atoms with Gasteiger partial charge in [-0.2, -0.15) is 0 Å². The zero-order valence-corrected chi connectivity index (χ0v) is 16.4. The number of ether oxygens (including phenoxy) is 2. The van der Waals surface area contributed by atoms with E-state index in [1.165, 1.54) is 0 Å². The predicted molar refractivity (Wildman–Crippen MR) is 103 cm³/mol. The lowest BCUT2D eigenvalue weighted by Crippen LogP contribution is -2.42. The van der Waals surface area contributed by atoms with E-state index in [-0.39, 0.29) is 24.2 Å². The molecular weight excluding hydrogens is 373 g/mol. The first-order chi connectivity index (χ1) is 12.2. The summed E-state index contributed by atoms with van der Waals surface area (Å²) in [6.07, 6.45) is 0.677. The molecule has 6 heteroatoms. The Morgan fingerprint density at radius 1 is 1.27 bits per heavy atom. The monoisotopic (exact) mass is 393 g/mol. The van der Waals surface area contributed by atoms with E-state index < -0.39 is 0 Å². The molecule has 0 saturated carbocycles. The van der Waals surface area contributed by atoms with Crippen LogP contribution in [-0.4, -0.2) is 18.1 Å². The Bertz CT molecular complexity index is 836. The standard InChI is InChI=1S/C20H21Cl2NO3/c1-12-4-6-17-14(8-12)16(10-20(2,3)26-17)23-19(24)11-25-18-7-5-13(21)9-15(18)22/h4-9,16H,10-11H2,1-3H3,(H,23,24)/t16-/m1/s1. The molecule has 2 aromatic rings. The molecule has 1 heterocycles. The van der Waals surface area contributed by atoms with Crippen molar-refractivity contribution >= 4 is 29.1 Å². The van der Waals surface area contributed by atoms with Gasteiger partial charge in [-0.25, -0.2) is 0 Å². The molecule has 0 saturated heterocycles. The zero-order chi connectivity index (χ0) is 18.9. The number of hydrogen-bond donors (Lipinski definition) is 1. The summed E-state index contributed by atoms with van der Waals surface area (Å²) in [6.45, 7) is 5.92. The highest BCUT2D eigenvalue weighted by atomic mass is 35.5. The number of benzene rings is 2. The third-order valence-corrected chi connectivity index (χ3v) is 4.74. The van der Waals surface area contributed by atoms with Gasteiger partial charge in [0.15, 0.2) is 6.61 Å². The number of halogens is 2. The molecule has 1 aliphatic rings. The Labute approximate surface area is 163 Å². The molecule has 1 N–H and O–H groups in total. The molecule has 0 radical (unpaired) electrons. The van der Waals surface area contributed by atoms with Crippen molar-refractivity contribution in [3.63, 3.8) is 0 Å². The average molecular weight is 394 g/mol. The van der Waals surface area contributed by atoms with Crippen LogP contribution < -0.4 is 14.8 Å². The van der Waals surface area contributed by atoms with E-state index in [1.807, 2.05) is 39.0 Å². The number of carbonyl (C=O) groups is 1. The van der Waals surface area contributed by atoms with Gasteiger partial charge in [0.05, 0.1) is 11.1 Å². The van der Waals surface area contributed by atoms with Gasteiger partial charge in [-0.1, -0.05) is 40.9 Å². The summed E-state index contributed by atoms with van der Waals surface area (Å²) in [5.41, 5.74) is 1.75. The first-order valence-electron chi connectivity index (χ1n) is 8.40. The smallest absolute Gasteiger partial charge is 0.258 e. The van der Waals surface area contributed by atoms with Crippen LogP contribution in [0.2, 0.25) is 10.0 Å². The highest BCUT2D eigenvalue weighted by molar-refractivity contribution is 6.35. The van der Waals surface area contributed by atoms with E-state index in [0.29, 0.717) is 22.2 Å². The Morgan fingerprint density at radius 3 is 2.77 bits per heavy atom. The van der Waals surface area contributed by atoms with E-state index in [9.17, 15) is 4.79 Å². The highest BCUT2D eigenvalue weighted by Gasteiger charge is 2.34. The third kappa shape index (κ3) is 4.43. The summed E-state index contributed by atoms with van der Waals surface area (Å²) in [7, 11) is 0. The van der Waals surface area contributed by atoms with Crippen molar-refractivity contribution in [2.45, 2.75) is 38.8 Å². The molecule has 2 aromatic carbocycles. The van der Waals surface area contributed by atoms with Crippen molar-refractivity contribution in [3.8, 4) is 11.5 Å². The first-order valence-corrected chi connectivity index (χ1v) is 9.16. The van der Waals surface area contributed by atoms with E-state index in [0.717, 1.165) is 16.9 Å². The fraction of sp³-hybridized carbons (Fsp3) is 0.350. The van der Waals surface area contributed by atoms with E-state index in [4.69, 9.17) is 32.7 Å². The summed E-state index contributed by atoms with van der Waals surface area (Å²) in [6, 6.07) is 10.8. The number of carbonyl (C=O) groups excluding carboxylic acids is 1. The largest absolute Gasteiger partial charge is 0.487 e. The van der Waals surface area contributed by atoms with Gasteiger partial charge in [0, 0.05) is 17.0 Å². The molecule has 4 nitrogen and oxygen atoms in total. The maximum absolute atomic E-state index is 12.4. The van der Waals surface area contributed by atoms with Gasteiger partial charge in [0.2, 0.25) is 0 Å². The summed E-state index contributed by atoms with van der Waals surface area (Å²) >= 11 is 11.9. The van der Waals surface area contributed by atoms with Crippen molar-refractivity contribution in [2.75, 3.05) is 6.61 Å². The molecule has 0 aromatic heterocycles. The van der Waals surface area contributed by atoms with E-state index >= 15 is 0 Å². The van der Waals surface area contributed by atoms with Crippen molar-refractivity contribution in [1.82, 2.24) is 5.32 Å². The minimum Gasteiger partial charge on any atom is -0.487 e. The van der Waals surface area contributed by atoms with Gasteiger partial charge in [-0.3, -0.25) is 4.79 Å². The van der Waals surface area contributed by atoms with Gasteiger partial charge >= 0.3 is 0 Å². The minimum atomic E-state index is -0.361. The van der Waals surface area contributed by atoms with Crippen LogP contribution in [-0.2, 0) is 4.79 Å². The lowest BCUT2D eigenvalue weighted by Gasteiger charge is -2.38. The summed E-state index contributed by atoms with van der Waals surface area (Å²) in [5, 5.41) is 3.94. The summed E-state index contributed by atoms with van der Waals surface area (Å²) in [4.78, 5) is 12.4. The molecule has 1 atom stereocenters. The third-order valence-electron chi connectivity index (χ3n) is 4.21. The number of nitrogens with one attached hydrogen (secondary N) is 1. The van der Waals surface area contributed by atoms with E-state index in [2.05, 4.69) is 5.32 Å². The predicted octanol–water partition coefficient (Wildman–Crippen LogP) is 5.10. The maximum Gasteiger partial charge on any atom is 0.258 e. The lowest BCUT2D eigenvalue weighted by molar-refractivity contribution is -0.124. The summed E-state index contributed by atoms with van der Waals surface area (Å²) < 4.78 is 11.6. The molecule has 1 amide bonds.